The summed E-state index contributed by atoms with van der Waals surface area (Å²) in [6.07, 6.45) is 3.29. The van der Waals surface area contributed by atoms with E-state index in [0.717, 1.165) is 5.56 Å². The molecule has 0 fully saturated rings. The fraction of sp³-hybridized carbons (Fsp3) is 0.182. The Balaban J connectivity index is 2.24. The zero-order valence-corrected chi connectivity index (χ0v) is 10.2. The van der Waals surface area contributed by atoms with Crippen molar-refractivity contribution in [2.45, 2.75) is 6.92 Å². The van der Waals surface area contributed by atoms with Gasteiger partial charge < -0.3 is 5.32 Å². The Labute approximate surface area is 103 Å². The Bertz CT molecular complexity index is 544. The minimum absolute atomic E-state index is 0.272. The van der Waals surface area contributed by atoms with Crippen molar-refractivity contribution in [1.29, 1.82) is 0 Å². The minimum Gasteiger partial charge on any atom is -0.318 e. The van der Waals surface area contributed by atoms with E-state index in [1.165, 1.54) is 0 Å². The number of aromatic nitrogens is 3. The number of halogens is 1. The van der Waals surface area contributed by atoms with Crippen molar-refractivity contribution in [3.63, 3.8) is 0 Å². The molecule has 2 aromatic heterocycles. The van der Waals surface area contributed by atoms with Gasteiger partial charge in [-0.1, -0.05) is 11.6 Å². The quantitative estimate of drug-likeness (QED) is 0.830. The average Bonchev–Trinajstić information content (AvgIpc) is 2.70. The maximum Gasteiger partial charge on any atom is 0.276 e. The maximum absolute atomic E-state index is 11.9. The van der Waals surface area contributed by atoms with Crippen molar-refractivity contribution in [2.24, 2.45) is 7.05 Å². The zero-order valence-electron chi connectivity index (χ0n) is 9.44. The lowest BCUT2D eigenvalue weighted by Crippen LogP contribution is -2.14. The van der Waals surface area contributed by atoms with Crippen LogP contribution in [0.5, 0.6) is 0 Å². The molecule has 0 aromatic carbocycles. The Hall–Kier alpha value is -1.88. The third-order valence-corrected chi connectivity index (χ3v) is 2.58. The SMILES string of the molecule is Cc1ccnc(Cl)c1NC(=O)c1ccn(C)n1. The van der Waals surface area contributed by atoms with Gasteiger partial charge in [0.05, 0.1) is 5.69 Å². The number of nitrogens with zero attached hydrogens (tertiary/aromatic N) is 3. The molecule has 2 rings (SSSR count). The number of carbonyl (C=O) groups excluding carboxylic acids is 1. The molecule has 88 valence electrons. The molecule has 0 saturated heterocycles. The third kappa shape index (κ3) is 2.45. The van der Waals surface area contributed by atoms with Crippen LogP contribution >= 0.6 is 11.6 Å². The summed E-state index contributed by atoms with van der Waals surface area (Å²) in [5.41, 5.74) is 1.71. The molecule has 2 aromatic rings. The van der Waals surface area contributed by atoms with Crippen molar-refractivity contribution in [2.75, 3.05) is 5.32 Å². The highest BCUT2D eigenvalue weighted by molar-refractivity contribution is 6.32. The summed E-state index contributed by atoms with van der Waals surface area (Å²) >= 11 is 5.91. The number of anilines is 1. The number of aryl methyl sites for hydroxylation is 2. The lowest BCUT2D eigenvalue weighted by molar-refractivity contribution is 0.102. The average molecular weight is 251 g/mol. The van der Waals surface area contributed by atoms with E-state index in [-0.39, 0.29) is 11.1 Å². The van der Waals surface area contributed by atoms with Crippen LogP contribution in [0.25, 0.3) is 0 Å². The van der Waals surface area contributed by atoms with Crippen LogP contribution in [0.3, 0.4) is 0 Å². The van der Waals surface area contributed by atoms with Gasteiger partial charge in [-0.05, 0) is 24.6 Å². The fourth-order valence-corrected chi connectivity index (χ4v) is 1.64. The van der Waals surface area contributed by atoms with E-state index in [4.69, 9.17) is 11.6 Å². The Morgan fingerprint density at radius 3 is 2.82 bits per heavy atom. The number of nitrogens with one attached hydrogen (secondary N) is 1. The lowest BCUT2D eigenvalue weighted by atomic mass is 10.2. The molecular weight excluding hydrogens is 240 g/mol. The van der Waals surface area contributed by atoms with Gasteiger partial charge in [0.25, 0.3) is 5.91 Å². The van der Waals surface area contributed by atoms with Crippen LogP contribution in [0.15, 0.2) is 24.5 Å². The summed E-state index contributed by atoms with van der Waals surface area (Å²) in [6.45, 7) is 1.85. The molecule has 0 spiro atoms. The van der Waals surface area contributed by atoms with Crippen LogP contribution in [0.2, 0.25) is 5.15 Å². The summed E-state index contributed by atoms with van der Waals surface area (Å²) < 4.78 is 1.56. The molecular formula is C11H11ClN4O. The molecule has 0 aliphatic heterocycles. The molecule has 5 nitrogen and oxygen atoms in total. The van der Waals surface area contributed by atoms with Crippen LogP contribution in [-0.2, 0) is 7.05 Å². The second kappa shape index (κ2) is 4.55. The van der Waals surface area contributed by atoms with Gasteiger partial charge in [0.2, 0.25) is 0 Å². The maximum atomic E-state index is 11.9. The van der Waals surface area contributed by atoms with Crippen LogP contribution < -0.4 is 5.32 Å². The molecule has 0 atom stereocenters. The second-order valence-corrected chi connectivity index (χ2v) is 3.98. The van der Waals surface area contributed by atoms with E-state index in [9.17, 15) is 4.79 Å². The monoisotopic (exact) mass is 250 g/mol. The van der Waals surface area contributed by atoms with Crippen molar-refractivity contribution < 1.29 is 4.79 Å². The number of rotatable bonds is 2. The van der Waals surface area contributed by atoms with Gasteiger partial charge in [0.15, 0.2) is 10.8 Å². The highest BCUT2D eigenvalue weighted by Gasteiger charge is 2.12. The van der Waals surface area contributed by atoms with E-state index in [1.807, 2.05) is 6.92 Å². The summed E-state index contributed by atoms with van der Waals surface area (Å²) in [5, 5.41) is 6.98. The van der Waals surface area contributed by atoms with E-state index >= 15 is 0 Å². The number of amides is 1. The van der Waals surface area contributed by atoms with Crippen LogP contribution in [0, 0.1) is 6.92 Å². The predicted octanol–water partition coefficient (Wildman–Crippen LogP) is 2.03. The molecule has 0 saturated carbocycles. The summed E-state index contributed by atoms with van der Waals surface area (Å²) in [6, 6.07) is 3.41. The van der Waals surface area contributed by atoms with Gasteiger partial charge in [-0.25, -0.2) is 4.98 Å². The van der Waals surface area contributed by atoms with E-state index in [1.54, 1.807) is 36.3 Å². The van der Waals surface area contributed by atoms with Gasteiger partial charge in [-0.2, -0.15) is 5.10 Å². The first-order valence-electron chi connectivity index (χ1n) is 5.00. The Morgan fingerprint density at radius 1 is 1.47 bits per heavy atom. The summed E-state index contributed by atoms with van der Waals surface area (Å²) in [4.78, 5) is 15.8. The molecule has 0 bridgehead atoms. The van der Waals surface area contributed by atoms with Gasteiger partial charge in [-0.3, -0.25) is 9.48 Å². The van der Waals surface area contributed by atoms with Crippen molar-refractivity contribution in [1.82, 2.24) is 14.8 Å². The molecule has 1 amide bonds. The third-order valence-electron chi connectivity index (χ3n) is 2.30. The van der Waals surface area contributed by atoms with Crippen LogP contribution in [0.1, 0.15) is 16.1 Å². The van der Waals surface area contributed by atoms with Gasteiger partial charge >= 0.3 is 0 Å². The summed E-state index contributed by atoms with van der Waals surface area (Å²) in [5.74, 6) is -0.302. The molecule has 0 aliphatic carbocycles. The van der Waals surface area contributed by atoms with E-state index < -0.39 is 0 Å². The predicted molar refractivity (Wildman–Crippen MR) is 65.1 cm³/mol. The van der Waals surface area contributed by atoms with Gasteiger partial charge in [0, 0.05) is 19.4 Å². The second-order valence-electron chi connectivity index (χ2n) is 3.62. The molecule has 1 N–H and O–H groups in total. The minimum atomic E-state index is -0.302. The number of hydrogen-bond donors (Lipinski definition) is 1. The summed E-state index contributed by atoms with van der Waals surface area (Å²) in [7, 11) is 1.75. The van der Waals surface area contributed by atoms with E-state index in [0.29, 0.717) is 11.4 Å². The Kier molecular flexibility index (Phi) is 3.10. The standard InChI is InChI=1S/C11H11ClN4O/c1-7-3-5-13-10(12)9(7)14-11(17)8-4-6-16(2)15-8/h3-6H,1-2H3,(H,14,17). The number of carbonyl (C=O) groups is 1. The van der Waals surface area contributed by atoms with Crippen molar-refractivity contribution in [3.05, 3.63) is 40.9 Å². The molecule has 17 heavy (non-hydrogen) atoms. The van der Waals surface area contributed by atoms with Crippen molar-refractivity contribution >= 4 is 23.2 Å². The highest BCUT2D eigenvalue weighted by atomic mass is 35.5. The zero-order chi connectivity index (χ0) is 12.4. The van der Waals surface area contributed by atoms with Crippen LogP contribution in [-0.4, -0.2) is 20.7 Å². The first-order chi connectivity index (χ1) is 8.08. The Morgan fingerprint density at radius 2 is 2.24 bits per heavy atom. The first-order valence-corrected chi connectivity index (χ1v) is 5.38. The van der Waals surface area contributed by atoms with Gasteiger partial charge in [-0.15, -0.1) is 0 Å². The molecule has 0 radical (unpaired) electrons. The molecule has 0 unspecified atom stereocenters. The van der Waals surface area contributed by atoms with E-state index in [2.05, 4.69) is 15.4 Å². The lowest BCUT2D eigenvalue weighted by Gasteiger charge is -2.07. The van der Waals surface area contributed by atoms with Gasteiger partial charge in [0.1, 0.15) is 0 Å². The molecule has 0 aliphatic rings. The van der Waals surface area contributed by atoms with Crippen LogP contribution in [0.4, 0.5) is 5.69 Å². The smallest absolute Gasteiger partial charge is 0.276 e. The van der Waals surface area contributed by atoms with Crippen molar-refractivity contribution in [3.8, 4) is 0 Å². The largest absolute Gasteiger partial charge is 0.318 e. The number of pyridine rings is 1. The topological polar surface area (TPSA) is 59.8 Å². The first kappa shape index (κ1) is 11.6. The normalized spacial score (nSPS) is 10.3. The molecule has 6 heteroatoms. The molecule has 2 heterocycles. The number of hydrogen-bond acceptors (Lipinski definition) is 3. The highest BCUT2D eigenvalue weighted by Crippen LogP contribution is 2.23. The fourth-order valence-electron chi connectivity index (χ4n) is 1.39.